The monoisotopic (exact) mass is 1890 g/mol. The minimum absolute atomic E-state index is 0.00189. The molecule has 0 amide bonds. The van der Waals surface area contributed by atoms with E-state index in [1.165, 1.54) is 178 Å². The third-order valence-corrected chi connectivity index (χ3v) is 39.7. The molecule has 0 fully saturated rings. The lowest BCUT2D eigenvalue weighted by Crippen LogP contribution is -2.62. The van der Waals surface area contributed by atoms with E-state index in [4.69, 9.17) is 17.7 Å². The van der Waals surface area contributed by atoms with Gasteiger partial charge in [0.2, 0.25) is 0 Å². The first kappa shape index (κ1) is 89.2. The molecule has 4 aromatic heterocycles. The van der Waals surface area contributed by atoms with Crippen LogP contribution in [0.4, 0.5) is 56.9 Å². The molecule has 28 rings (SSSR count). The summed E-state index contributed by atoms with van der Waals surface area (Å²) < 4.78 is 30.0. The Kier molecular flexibility index (Phi) is 17.8. The fraction of sp³-hybridized carbons (Fsp3) is 0.373. The Balaban J connectivity index is 0.663. The third kappa shape index (κ3) is 12.2. The Morgan fingerprint density at radius 1 is 0.250 bits per heavy atom. The quantitative estimate of drug-likeness (QED) is 0.153. The number of hydrogen-bond acceptors (Lipinski definition) is 8. The lowest BCUT2D eigenvalue weighted by Gasteiger charge is -2.49. The van der Waals surface area contributed by atoms with Crippen molar-refractivity contribution in [3.05, 3.63) is 296 Å². The molecule has 0 saturated heterocycles. The maximum absolute atomic E-state index is 8.18. The van der Waals surface area contributed by atoms with Crippen LogP contribution in [0.1, 0.15) is 320 Å². The summed E-state index contributed by atoms with van der Waals surface area (Å²) in [4.78, 5) is 11.1. The minimum atomic E-state index is -0.321. The van der Waals surface area contributed by atoms with E-state index in [2.05, 4.69) is 405 Å². The molecule has 8 heterocycles. The molecule has 10 aliphatic rings. The van der Waals surface area contributed by atoms with Gasteiger partial charge >= 0.3 is 13.7 Å². The van der Waals surface area contributed by atoms with Gasteiger partial charge in [-0.2, -0.15) is 0 Å². The number of benzene rings is 14. The summed E-state index contributed by atoms with van der Waals surface area (Å²) >= 11 is 0. The summed E-state index contributed by atoms with van der Waals surface area (Å²) in [7, 11) is 0. The highest BCUT2D eigenvalue weighted by molar-refractivity contribution is 6.95. The smallest absolute Gasteiger partial charge is 0.333 e. The van der Waals surface area contributed by atoms with Crippen molar-refractivity contribution >= 4 is 180 Å². The average molecular weight is 1890 g/mol. The van der Waals surface area contributed by atoms with Crippen LogP contribution >= 0.6 is 0 Å². The van der Waals surface area contributed by atoms with Crippen molar-refractivity contribution in [1.29, 1.82) is 0 Å². The Labute approximate surface area is 850 Å². The Hall–Kier alpha value is -12.4. The van der Waals surface area contributed by atoms with Crippen LogP contribution in [-0.4, -0.2) is 13.7 Å². The summed E-state index contributed by atoms with van der Waals surface area (Å²) in [6.07, 6.45) is 14.0. The number of para-hydroxylation sites is 3. The molecular formula is C134H136B2N4O4. The molecule has 14 aromatic carbocycles. The van der Waals surface area contributed by atoms with Crippen LogP contribution in [0.3, 0.4) is 0 Å². The Bertz CT molecular complexity index is 8830. The summed E-state index contributed by atoms with van der Waals surface area (Å²) in [5, 5.41) is 9.10. The van der Waals surface area contributed by atoms with Gasteiger partial charge in [-0.15, -0.1) is 0 Å². The molecule has 0 N–H and O–H groups in total. The third-order valence-electron chi connectivity index (χ3n) is 39.7. The number of anilines is 10. The maximum Gasteiger partial charge on any atom is 0.333 e. The summed E-state index contributed by atoms with van der Waals surface area (Å²) in [5.74, 6) is 0. The van der Waals surface area contributed by atoms with Gasteiger partial charge in [0.05, 0.1) is 11.1 Å². The second-order valence-corrected chi connectivity index (χ2v) is 54.0. The molecule has 0 spiro atoms. The first-order chi connectivity index (χ1) is 68.2. The number of aryl methyl sites for hydroxylation is 2. The SMILES string of the molecule is Cc1cc2c(cc1N1c3cc4c(cc3B3c5c1cc1oc6ccccc6c1c5-c1cc5c(cc1N3c1ccc3c(c1)C(C)(C)CCC3(C)Cc1ccc3c(c1)oc1c6c7c(cc13)N(c1cc3c(cc1C)C(C)(C)CCC3(C)C)c1c(ccc3oc8ccccc8c13)B7N(c1ccc3c(c1)C(C)(C)CCC3(C)C)c1cc3c(cc1-6)C(C)(C)CCC3(C)C)C(C)(C)CCC5(C)C)oc1ccccc14)C(C)(C)CCC2(C)C. The summed E-state index contributed by atoms with van der Waals surface area (Å²) in [5.41, 5.74) is 49.5. The molecule has 0 radical (unpaired) electrons. The zero-order chi connectivity index (χ0) is 99.5. The minimum Gasteiger partial charge on any atom is -0.456 e. The van der Waals surface area contributed by atoms with Gasteiger partial charge in [-0.05, 0) is 382 Å². The van der Waals surface area contributed by atoms with Gasteiger partial charge < -0.3 is 37.1 Å². The van der Waals surface area contributed by atoms with E-state index < -0.39 is 0 Å². The highest BCUT2D eigenvalue weighted by atomic mass is 16.3. The van der Waals surface area contributed by atoms with Gasteiger partial charge in [0.1, 0.15) is 44.7 Å². The van der Waals surface area contributed by atoms with Crippen molar-refractivity contribution in [2.24, 2.45) is 0 Å². The molecule has 144 heavy (non-hydrogen) atoms. The molecule has 8 nitrogen and oxygen atoms in total. The van der Waals surface area contributed by atoms with Gasteiger partial charge in [-0.3, -0.25) is 0 Å². The Morgan fingerprint density at radius 3 is 1.18 bits per heavy atom. The number of rotatable bonds is 6. The maximum atomic E-state index is 8.18. The Morgan fingerprint density at radius 2 is 0.639 bits per heavy atom. The molecule has 1 unspecified atom stereocenters. The van der Waals surface area contributed by atoms with Crippen molar-refractivity contribution in [3.63, 3.8) is 0 Å². The first-order valence-electron chi connectivity index (χ1n) is 54.3. The molecular weight excluding hydrogens is 1750 g/mol. The number of fused-ring (bicyclic) bond motifs is 29. The first-order valence-corrected chi connectivity index (χ1v) is 54.3. The van der Waals surface area contributed by atoms with Crippen molar-refractivity contribution in [3.8, 4) is 22.3 Å². The van der Waals surface area contributed by atoms with Gasteiger partial charge in [0.25, 0.3) is 0 Å². The van der Waals surface area contributed by atoms with Crippen LogP contribution in [0, 0.1) is 13.8 Å². The second-order valence-electron chi connectivity index (χ2n) is 54.0. The van der Waals surface area contributed by atoms with Crippen LogP contribution in [0.5, 0.6) is 0 Å². The van der Waals surface area contributed by atoms with E-state index >= 15 is 0 Å². The topological polar surface area (TPSA) is 65.5 Å². The highest BCUT2D eigenvalue weighted by Gasteiger charge is 2.56. The van der Waals surface area contributed by atoms with Gasteiger partial charge in [0, 0.05) is 112 Å². The summed E-state index contributed by atoms with van der Waals surface area (Å²) in [6.45, 7) is 61.7. The zero-order valence-corrected chi connectivity index (χ0v) is 89.5. The van der Waals surface area contributed by atoms with Gasteiger partial charge in [-0.25, -0.2) is 0 Å². The van der Waals surface area contributed by atoms with E-state index in [0.717, 1.165) is 177 Å². The molecule has 4 aliphatic heterocycles. The predicted molar refractivity (Wildman–Crippen MR) is 609 cm³/mol. The number of hydrogen-bond donors (Lipinski definition) is 0. The largest absolute Gasteiger partial charge is 0.456 e. The van der Waals surface area contributed by atoms with Gasteiger partial charge in [0.15, 0.2) is 0 Å². The van der Waals surface area contributed by atoms with Crippen molar-refractivity contribution in [1.82, 2.24) is 0 Å². The lowest BCUT2D eigenvalue weighted by molar-refractivity contribution is 0.310. The molecule has 1 atom stereocenters. The van der Waals surface area contributed by atoms with E-state index in [1.54, 1.807) is 0 Å². The highest BCUT2D eigenvalue weighted by Crippen LogP contribution is 2.64. The van der Waals surface area contributed by atoms with Crippen LogP contribution in [0.25, 0.3) is 110 Å². The molecule has 0 bridgehead atoms. The fourth-order valence-corrected chi connectivity index (χ4v) is 30.2. The standard InChI is InChI=1S/C134H136B2N4O4/c1-74-58-89-95(129(15,16)52-48-124(89,5)6)67-101(74)137-105-65-83-79-32-26-29-35-108(79)142-113(83)71-100(105)136-119-107(137)72-114-115(81-33-27-30-36-109(81)143-114)117(119)85-63-93-97(131(19,20)54-50-127(93,11)12)69-103(85)140(136)78-40-43-88-92(62-78)133(23,24)56-57-134(88,25)73-76-38-41-80-84-66-106-120-118(122(84)144-112(80)60-76)86-64-94-98(132(21,22)55-51-128(94,13)14)70-104(86)139(77-39-42-87-91(61-77)126(9,10)47-46-123(87,3)4)135(120)99-44-45-111-116(82-34-28-31-37-110(82)141-111)121(99)138(106)102-68-96-90(59-75(102)2)125(7,8)49-53-130(96,17)18/h26-45,58-72H,46-57,73H2,1-25H3. The van der Waals surface area contributed by atoms with Crippen LogP contribution in [0.2, 0.25) is 0 Å². The van der Waals surface area contributed by atoms with E-state index in [1.807, 2.05) is 0 Å². The summed E-state index contributed by atoms with van der Waals surface area (Å²) in [6, 6.07) is 85.4. The van der Waals surface area contributed by atoms with Crippen molar-refractivity contribution < 1.29 is 17.7 Å². The molecule has 6 aliphatic carbocycles. The van der Waals surface area contributed by atoms with Crippen molar-refractivity contribution in [2.75, 3.05) is 19.4 Å². The van der Waals surface area contributed by atoms with Crippen molar-refractivity contribution in [2.45, 2.75) is 322 Å². The second kappa shape index (κ2) is 28.7. The molecule has 0 saturated carbocycles. The normalized spacial score (nSPS) is 21.1. The predicted octanol–water partition coefficient (Wildman–Crippen LogP) is 34.6. The molecule has 18 aromatic rings. The van der Waals surface area contributed by atoms with Crippen LogP contribution in [-0.2, 0) is 71.4 Å². The number of nitrogens with zero attached hydrogens (tertiary/aromatic N) is 4. The van der Waals surface area contributed by atoms with Crippen LogP contribution < -0.4 is 41.3 Å². The fourth-order valence-electron chi connectivity index (χ4n) is 30.2. The van der Waals surface area contributed by atoms with E-state index in [0.29, 0.717) is 0 Å². The average Bonchev–Trinajstić information content (AvgIpc) is 1.26. The number of furan rings is 4. The molecule has 722 valence electrons. The lowest BCUT2D eigenvalue weighted by atomic mass is 9.43. The van der Waals surface area contributed by atoms with Gasteiger partial charge in [-0.1, -0.05) is 256 Å². The molecule has 10 heteroatoms. The van der Waals surface area contributed by atoms with E-state index in [-0.39, 0.29) is 78.7 Å². The van der Waals surface area contributed by atoms with Crippen LogP contribution in [0.15, 0.2) is 230 Å². The van der Waals surface area contributed by atoms with E-state index in [9.17, 15) is 0 Å². The zero-order valence-electron chi connectivity index (χ0n) is 89.5.